The first-order valence-corrected chi connectivity index (χ1v) is 8.90. The molecule has 0 saturated carbocycles. The van der Waals surface area contributed by atoms with E-state index in [1.54, 1.807) is 37.3 Å². The Morgan fingerprint density at radius 1 is 1.12 bits per heavy atom. The van der Waals surface area contributed by atoms with E-state index < -0.39 is 15.9 Å². The van der Waals surface area contributed by atoms with Crippen LogP contribution in [0.2, 0.25) is 5.02 Å². The van der Waals surface area contributed by atoms with Crippen molar-refractivity contribution in [1.29, 1.82) is 0 Å². The summed E-state index contributed by atoms with van der Waals surface area (Å²) >= 11 is 5.84. The molecule has 2 rings (SSSR count). The summed E-state index contributed by atoms with van der Waals surface area (Å²) in [6.45, 7) is 3.31. The van der Waals surface area contributed by atoms with E-state index in [-0.39, 0.29) is 11.5 Å². The first kappa shape index (κ1) is 18.3. The van der Waals surface area contributed by atoms with Gasteiger partial charge in [0.05, 0.1) is 4.90 Å². The second-order valence-electron chi connectivity index (χ2n) is 5.17. The molecule has 128 valence electrons. The third kappa shape index (κ3) is 4.95. The third-order valence-electron chi connectivity index (χ3n) is 3.15. The van der Waals surface area contributed by atoms with Gasteiger partial charge in [-0.25, -0.2) is 8.42 Å². The fraction of sp³-hybridized carbons (Fsp3) is 0.188. The zero-order valence-corrected chi connectivity index (χ0v) is 14.7. The van der Waals surface area contributed by atoms with Crippen LogP contribution >= 0.6 is 11.6 Å². The second-order valence-corrected chi connectivity index (χ2v) is 7.28. The van der Waals surface area contributed by atoms with Gasteiger partial charge in [0.2, 0.25) is 0 Å². The lowest BCUT2D eigenvalue weighted by atomic mass is 10.2. The summed E-state index contributed by atoms with van der Waals surface area (Å²) in [6, 6.07) is 11.2. The molecule has 2 aromatic rings. The second kappa shape index (κ2) is 7.65. The average molecular weight is 369 g/mol. The van der Waals surface area contributed by atoms with E-state index in [0.717, 1.165) is 11.1 Å². The number of halogens is 1. The standard InChI is InChI=1S/C16H17ClN2O4S/c1-11-3-6-14(7-4-11)24(21,22)19-18-16(20)10-23-15-8-5-13(17)9-12(15)2/h3-9,19H,10H2,1-2H3,(H,18,20). The Hall–Kier alpha value is -2.09. The Labute approximate surface area is 145 Å². The molecule has 0 bridgehead atoms. The molecule has 0 unspecified atom stereocenters. The van der Waals surface area contributed by atoms with Crippen LogP contribution in [0.25, 0.3) is 0 Å². The van der Waals surface area contributed by atoms with Crippen LogP contribution in [0.5, 0.6) is 5.75 Å². The van der Waals surface area contributed by atoms with Crippen molar-refractivity contribution in [1.82, 2.24) is 10.3 Å². The largest absolute Gasteiger partial charge is 0.483 e. The highest BCUT2D eigenvalue weighted by atomic mass is 35.5. The number of carbonyl (C=O) groups excluding carboxylic acids is 1. The molecule has 0 aliphatic carbocycles. The maximum absolute atomic E-state index is 12.0. The highest BCUT2D eigenvalue weighted by Crippen LogP contribution is 2.21. The Morgan fingerprint density at radius 2 is 1.79 bits per heavy atom. The normalized spacial score (nSPS) is 11.1. The van der Waals surface area contributed by atoms with Crippen molar-refractivity contribution in [2.75, 3.05) is 6.61 Å². The number of hydrogen-bond acceptors (Lipinski definition) is 4. The number of amides is 1. The van der Waals surface area contributed by atoms with Crippen molar-refractivity contribution >= 4 is 27.5 Å². The minimum absolute atomic E-state index is 0.0582. The number of rotatable bonds is 6. The van der Waals surface area contributed by atoms with E-state index in [0.29, 0.717) is 10.8 Å². The summed E-state index contributed by atoms with van der Waals surface area (Å²) in [5, 5.41) is 0.565. The first-order valence-electron chi connectivity index (χ1n) is 7.04. The summed E-state index contributed by atoms with van der Waals surface area (Å²) in [4.78, 5) is 13.8. The lowest BCUT2D eigenvalue weighted by Crippen LogP contribution is -2.43. The highest BCUT2D eigenvalue weighted by molar-refractivity contribution is 7.89. The number of ether oxygens (including phenoxy) is 1. The van der Waals surface area contributed by atoms with Crippen molar-refractivity contribution in [3.05, 3.63) is 58.6 Å². The molecule has 0 radical (unpaired) electrons. The summed E-state index contributed by atoms with van der Waals surface area (Å²) in [6.07, 6.45) is 0. The van der Waals surface area contributed by atoms with Gasteiger partial charge in [0.1, 0.15) is 5.75 Å². The van der Waals surface area contributed by atoms with Gasteiger partial charge < -0.3 is 4.74 Å². The van der Waals surface area contributed by atoms with Gasteiger partial charge in [0, 0.05) is 5.02 Å². The number of aryl methyl sites for hydroxylation is 2. The first-order chi connectivity index (χ1) is 11.3. The maximum Gasteiger partial charge on any atom is 0.272 e. The zero-order chi connectivity index (χ0) is 17.7. The fourth-order valence-corrected chi connectivity index (χ4v) is 2.94. The van der Waals surface area contributed by atoms with Crippen LogP contribution in [-0.4, -0.2) is 20.9 Å². The molecule has 6 nitrogen and oxygen atoms in total. The molecular weight excluding hydrogens is 352 g/mol. The van der Waals surface area contributed by atoms with Crippen LogP contribution in [0.3, 0.4) is 0 Å². The van der Waals surface area contributed by atoms with Gasteiger partial charge in [-0.15, -0.1) is 4.83 Å². The summed E-state index contributed by atoms with van der Waals surface area (Å²) < 4.78 is 29.4. The maximum atomic E-state index is 12.0. The van der Waals surface area contributed by atoms with Gasteiger partial charge in [0.15, 0.2) is 6.61 Å². The fourth-order valence-electron chi connectivity index (χ4n) is 1.85. The number of hydrazine groups is 1. The number of sulfonamides is 1. The summed E-state index contributed by atoms with van der Waals surface area (Å²) in [5.41, 5.74) is 3.82. The Kier molecular flexibility index (Phi) is 5.82. The minimum atomic E-state index is -3.82. The zero-order valence-electron chi connectivity index (χ0n) is 13.2. The Morgan fingerprint density at radius 3 is 2.42 bits per heavy atom. The molecule has 0 aromatic heterocycles. The molecule has 24 heavy (non-hydrogen) atoms. The van der Waals surface area contributed by atoms with E-state index in [1.807, 2.05) is 11.8 Å². The van der Waals surface area contributed by atoms with Crippen molar-refractivity contribution in [2.45, 2.75) is 18.7 Å². The van der Waals surface area contributed by atoms with Gasteiger partial charge in [0.25, 0.3) is 15.9 Å². The van der Waals surface area contributed by atoms with Crippen LogP contribution in [-0.2, 0) is 14.8 Å². The summed E-state index contributed by atoms with van der Waals surface area (Å²) in [7, 11) is -3.82. The van der Waals surface area contributed by atoms with E-state index in [2.05, 4.69) is 5.43 Å². The van der Waals surface area contributed by atoms with Crippen LogP contribution < -0.4 is 15.0 Å². The van der Waals surface area contributed by atoms with Gasteiger partial charge in [-0.1, -0.05) is 29.3 Å². The smallest absolute Gasteiger partial charge is 0.272 e. The monoisotopic (exact) mass is 368 g/mol. The molecule has 0 aliphatic rings. The minimum Gasteiger partial charge on any atom is -0.483 e. The average Bonchev–Trinajstić information content (AvgIpc) is 2.52. The molecule has 1 amide bonds. The van der Waals surface area contributed by atoms with Gasteiger partial charge >= 0.3 is 0 Å². The number of nitrogens with one attached hydrogen (secondary N) is 2. The Bertz CT molecular complexity index is 836. The predicted molar refractivity (Wildman–Crippen MR) is 91.3 cm³/mol. The van der Waals surface area contributed by atoms with Crippen LogP contribution in [0.4, 0.5) is 0 Å². The molecule has 0 aliphatic heterocycles. The van der Waals surface area contributed by atoms with E-state index >= 15 is 0 Å². The SMILES string of the molecule is Cc1ccc(S(=O)(=O)NNC(=O)COc2ccc(Cl)cc2C)cc1. The molecule has 0 saturated heterocycles. The predicted octanol–water partition coefficient (Wildman–Crippen LogP) is 2.35. The van der Waals surface area contributed by atoms with Crippen LogP contribution in [0.1, 0.15) is 11.1 Å². The topological polar surface area (TPSA) is 84.5 Å². The lowest BCUT2D eigenvalue weighted by Gasteiger charge is -2.11. The quantitative estimate of drug-likeness (QED) is 0.766. The molecule has 8 heteroatoms. The third-order valence-corrected chi connectivity index (χ3v) is 4.65. The number of hydrogen-bond donors (Lipinski definition) is 2. The molecule has 2 N–H and O–H groups in total. The van der Waals surface area contributed by atoms with E-state index in [9.17, 15) is 13.2 Å². The molecule has 0 spiro atoms. The molecular formula is C16H17ClN2O4S. The molecule has 0 atom stereocenters. The number of carbonyl (C=O) groups is 1. The van der Waals surface area contributed by atoms with Crippen LogP contribution in [0.15, 0.2) is 47.4 Å². The number of benzene rings is 2. The van der Waals surface area contributed by atoms with Crippen molar-refractivity contribution in [2.24, 2.45) is 0 Å². The van der Waals surface area contributed by atoms with Gasteiger partial charge in [-0.3, -0.25) is 10.2 Å². The van der Waals surface area contributed by atoms with Crippen LogP contribution in [0, 0.1) is 13.8 Å². The molecule has 0 heterocycles. The lowest BCUT2D eigenvalue weighted by molar-refractivity contribution is -0.123. The van der Waals surface area contributed by atoms with Crippen molar-refractivity contribution < 1.29 is 17.9 Å². The van der Waals surface area contributed by atoms with Crippen molar-refractivity contribution in [3.8, 4) is 5.75 Å². The van der Waals surface area contributed by atoms with Crippen molar-refractivity contribution in [3.63, 3.8) is 0 Å². The highest BCUT2D eigenvalue weighted by Gasteiger charge is 2.15. The molecule has 2 aromatic carbocycles. The van der Waals surface area contributed by atoms with Gasteiger partial charge in [-0.2, -0.15) is 0 Å². The Balaban J connectivity index is 1.89. The van der Waals surface area contributed by atoms with E-state index in [4.69, 9.17) is 16.3 Å². The molecule has 0 fully saturated rings. The van der Waals surface area contributed by atoms with E-state index in [1.165, 1.54) is 12.1 Å². The summed E-state index contributed by atoms with van der Waals surface area (Å²) in [5.74, 6) is -0.129. The van der Waals surface area contributed by atoms with Gasteiger partial charge in [-0.05, 0) is 49.7 Å².